The van der Waals surface area contributed by atoms with E-state index in [1.165, 1.54) is 16.7 Å². The molecule has 0 spiro atoms. The topological polar surface area (TPSA) is 47.6 Å². The van der Waals surface area contributed by atoms with Gasteiger partial charge in [0, 0.05) is 12.6 Å². The van der Waals surface area contributed by atoms with Gasteiger partial charge in [-0.3, -0.25) is 4.79 Å². The highest BCUT2D eigenvalue weighted by Gasteiger charge is 2.15. The second-order valence-corrected chi connectivity index (χ2v) is 5.97. The molecular weight excluding hydrogens is 314 g/mol. The van der Waals surface area contributed by atoms with Crippen molar-refractivity contribution in [1.29, 1.82) is 0 Å². The van der Waals surface area contributed by atoms with Gasteiger partial charge < -0.3 is 14.8 Å². The van der Waals surface area contributed by atoms with Crippen molar-refractivity contribution in [3.8, 4) is 11.5 Å². The van der Waals surface area contributed by atoms with Crippen molar-refractivity contribution in [3.05, 3.63) is 59.2 Å². The molecule has 4 nitrogen and oxygen atoms in total. The van der Waals surface area contributed by atoms with Crippen LogP contribution in [0.3, 0.4) is 0 Å². The predicted octanol–water partition coefficient (Wildman–Crippen LogP) is 3.90. The largest absolute Gasteiger partial charge is 0.497 e. The van der Waals surface area contributed by atoms with Crippen molar-refractivity contribution < 1.29 is 14.3 Å². The minimum atomic E-state index is -0.577. The molecule has 1 amide bonds. The van der Waals surface area contributed by atoms with E-state index in [0.29, 0.717) is 18.0 Å². The van der Waals surface area contributed by atoms with E-state index >= 15 is 0 Å². The zero-order chi connectivity index (χ0) is 18.2. The molecule has 134 valence electrons. The Morgan fingerprint density at radius 1 is 1.04 bits per heavy atom. The van der Waals surface area contributed by atoms with E-state index in [9.17, 15) is 4.79 Å². The molecule has 25 heavy (non-hydrogen) atoms. The number of aryl methyl sites for hydroxylation is 2. The lowest BCUT2D eigenvalue weighted by molar-refractivity contribution is -0.127. The van der Waals surface area contributed by atoms with Gasteiger partial charge in [-0.25, -0.2) is 0 Å². The average Bonchev–Trinajstić information content (AvgIpc) is 2.65. The third-order valence-electron chi connectivity index (χ3n) is 4.24. The maximum Gasteiger partial charge on any atom is 0.261 e. The number of carbonyl (C=O) groups excluding carboxylic acids is 1. The second-order valence-electron chi connectivity index (χ2n) is 5.97. The second kappa shape index (κ2) is 9.11. The molecule has 4 heteroatoms. The van der Waals surface area contributed by atoms with Crippen LogP contribution in [-0.2, 0) is 24.2 Å². The van der Waals surface area contributed by atoms with Gasteiger partial charge in [-0.05, 0) is 48.6 Å². The van der Waals surface area contributed by atoms with Crippen molar-refractivity contribution in [2.45, 2.75) is 46.3 Å². The number of hydrogen-bond acceptors (Lipinski definition) is 3. The Hall–Kier alpha value is -2.49. The number of hydrogen-bond donors (Lipinski definition) is 1. The quantitative estimate of drug-likeness (QED) is 0.792. The molecule has 2 rings (SSSR count). The summed E-state index contributed by atoms with van der Waals surface area (Å²) in [7, 11) is 1.60. The first kappa shape index (κ1) is 18.8. The molecule has 1 atom stereocenters. The summed E-state index contributed by atoms with van der Waals surface area (Å²) in [5.74, 6) is 1.19. The van der Waals surface area contributed by atoms with Crippen LogP contribution < -0.4 is 14.8 Å². The molecule has 0 radical (unpaired) electrons. The van der Waals surface area contributed by atoms with Crippen molar-refractivity contribution in [2.75, 3.05) is 7.11 Å². The maximum atomic E-state index is 12.4. The monoisotopic (exact) mass is 341 g/mol. The zero-order valence-corrected chi connectivity index (χ0v) is 15.5. The summed E-state index contributed by atoms with van der Waals surface area (Å²) in [6.07, 6.45) is 1.36. The van der Waals surface area contributed by atoms with Gasteiger partial charge in [0.1, 0.15) is 11.5 Å². The fourth-order valence-corrected chi connectivity index (χ4v) is 2.67. The number of methoxy groups -OCH3 is 1. The minimum absolute atomic E-state index is 0.133. The van der Waals surface area contributed by atoms with Gasteiger partial charge in [0.05, 0.1) is 7.11 Å². The van der Waals surface area contributed by atoms with Crippen molar-refractivity contribution in [2.24, 2.45) is 0 Å². The summed E-state index contributed by atoms with van der Waals surface area (Å²) in [6, 6.07) is 13.7. The van der Waals surface area contributed by atoms with Gasteiger partial charge in [-0.1, -0.05) is 38.1 Å². The molecule has 0 saturated carbocycles. The maximum absolute atomic E-state index is 12.4. The van der Waals surface area contributed by atoms with Crippen LogP contribution in [0.4, 0.5) is 0 Å². The molecule has 0 bridgehead atoms. The smallest absolute Gasteiger partial charge is 0.261 e. The number of carbonyl (C=O) groups is 1. The summed E-state index contributed by atoms with van der Waals surface area (Å²) < 4.78 is 10.9. The van der Waals surface area contributed by atoms with E-state index in [1.807, 2.05) is 18.2 Å². The minimum Gasteiger partial charge on any atom is -0.497 e. The summed E-state index contributed by atoms with van der Waals surface area (Å²) in [4.78, 5) is 12.4. The van der Waals surface area contributed by atoms with E-state index in [1.54, 1.807) is 20.1 Å². The average molecular weight is 341 g/mol. The predicted molar refractivity (Wildman–Crippen MR) is 100 cm³/mol. The van der Waals surface area contributed by atoms with Gasteiger partial charge in [0.25, 0.3) is 5.91 Å². The fourth-order valence-electron chi connectivity index (χ4n) is 2.67. The van der Waals surface area contributed by atoms with E-state index in [-0.39, 0.29) is 5.91 Å². The van der Waals surface area contributed by atoms with E-state index < -0.39 is 6.10 Å². The molecule has 0 fully saturated rings. The van der Waals surface area contributed by atoms with Crippen molar-refractivity contribution in [3.63, 3.8) is 0 Å². The van der Waals surface area contributed by atoms with Crippen LogP contribution in [0.1, 0.15) is 37.5 Å². The Bertz CT molecular complexity index is 712. The number of benzene rings is 2. The molecule has 2 aromatic carbocycles. The molecule has 0 aromatic heterocycles. The van der Waals surface area contributed by atoms with E-state index in [2.05, 4.69) is 37.4 Å². The number of amides is 1. The van der Waals surface area contributed by atoms with Crippen LogP contribution in [0.2, 0.25) is 0 Å². The van der Waals surface area contributed by atoms with Crippen molar-refractivity contribution >= 4 is 5.91 Å². The summed E-state index contributed by atoms with van der Waals surface area (Å²) in [5.41, 5.74) is 3.71. The molecule has 0 aliphatic heterocycles. The Balaban J connectivity index is 1.97. The van der Waals surface area contributed by atoms with Crippen LogP contribution in [-0.4, -0.2) is 19.1 Å². The Morgan fingerprint density at radius 3 is 2.48 bits per heavy atom. The summed E-state index contributed by atoms with van der Waals surface area (Å²) >= 11 is 0. The molecule has 2 aromatic rings. The van der Waals surface area contributed by atoms with Crippen LogP contribution in [0, 0.1) is 0 Å². The third-order valence-corrected chi connectivity index (χ3v) is 4.24. The highest BCUT2D eigenvalue weighted by Crippen LogP contribution is 2.20. The van der Waals surface area contributed by atoms with Crippen LogP contribution in [0.15, 0.2) is 42.5 Å². The van der Waals surface area contributed by atoms with Crippen LogP contribution in [0.25, 0.3) is 0 Å². The molecular formula is C21H27NO3. The number of rotatable bonds is 8. The SMILES string of the molecule is CCc1ccc(CC)c(CNC(=O)C(C)Oc2cccc(OC)c2)c1. The van der Waals surface area contributed by atoms with Gasteiger partial charge in [-0.2, -0.15) is 0 Å². The highest BCUT2D eigenvalue weighted by molar-refractivity contribution is 5.80. The van der Waals surface area contributed by atoms with Gasteiger partial charge in [0.15, 0.2) is 6.10 Å². The molecule has 0 aliphatic rings. The Labute approximate surface area is 150 Å². The first-order valence-electron chi connectivity index (χ1n) is 8.76. The normalized spacial score (nSPS) is 11.7. The highest BCUT2D eigenvalue weighted by atomic mass is 16.5. The first-order valence-corrected chi connectivity index (χ1v) is 8.76. The van der Waals surface area contributed by atoms with E-state index in [0.717, 1.165) is 12.8 Å². The lowest BCUT2D eigenvalue weighted by Crippen LogP contribution is -2.36. The molecule has 1 unspecified atom stereocenters. The number of nitrogens with one attached hydrogen (secondary N) is 1. The van der Waals surface area contributed by atoms with E-state index in [4.69, 9.17) is 9.47 Å². The van der Waals surface area contributed by atoms with Gasteiger partial charge in [0.2, 0.25) is 0 Å². The molecule has 1 N–H and O–H groups in total. The standard InChI is InChI=1S/C21H27NO3/c1-5-16-10-11-17(6-2)18(12-16)14-22-21(23)15(3)25-20-9-7-8-19(13-20)24-4/h7-13,15H,5-6,14H2,1-4H3,(H,22,23). The Morgan fingerprint density at radius 2 is 1.80 bits per heavy atom. The molecule has 0 saturated heterocycles. The van der Waals surface area contributed by atoms with Crippen molar-refractivity contribution in [1.82, 2.24) is 5.32 Å². The fraction of sp³-hybridized carbons (Fsp3) is 0.381. The summed E-state index contributed by atoms with van der Waals surface area (Å²) in [6.45, 7) is 6.52. The zero-order valence-electron chi connectivity index (χ0n) is 15.5. The number of ether oxygens (including phenoxy) is 2. The van der Waals surface area contributed by atoms with Crippen LogP contribution >= 0.6 is 0 Å². The van der Waals surface area contributed by atoms with Gasteiger partial charge in [-0.15, -0.1) is 0 Å². The summed E-state index contributed by atoms with van der Waals surface area (Å²) in [5, 5.41) is 2.98. The van der Waals surface area contributed by atoms with Gasteiger partial charge >= 0.3 is 0 Å². The Kier molecular flexibility index (Phi) is 6.87. The third kappa shape index (κ3) is 5.24. The molecule has 0 heterocycles. The van der Waals surface area contributed by atoms with Crippen LogP contribution in [0.5, 0.6) is 11.5 Å². The first-order chi connectivity index (χ1) is 12.1. The molecule has 0 aliphatic carbocycles. The lowest BCUT2D eigenvalue weighted by Gasteiger charge is -2.16. The lowest BCUT2D eigenvalue weighted by atomic mass is 10.0.